The fraction of sp³-hybridized carbons (Fsp3) is 0.600. The molecular weight excluding hydrogens is 468 g/mol. The number of unbranched alkanes of at least 4 members (excludes halogenated alkanes) is 5. The first-order valence-electron chi connectivity index (χ1n) is 12.3. The molecule has 0 radical (unpaired) electrons. The highest BCUT2D eigenvalue weighted by atomic mass is 32.2. The number of carboxylic acid groups (broad SMARTS) is 2. The van der Waals surface area contributed by atoms with Crippen LogP contribution >= 0.6 is 11.8 Å². The molecule has 2 fully saturated rings. The number of carboxylic acids is 2. The van der Waals surface area contributed by atoms with E-state index in [1.54, 1.807) is 18.0 Å². The van der Waals surface area contributed by atoms with Gasteiger partial charge in [-0.3, -0.25) is 20.0 Å². The van der Waals surface area contributed by atoms with Crippen molar-refractivity contribution in [3.63, 3.8) is 0 Å². The number of piperazine rings is 1. The van der Waals surface area contributed by atoms with E-state index in [0.29, 0.717) is 12.2 Å². The number of carbonyl (C=O) groups excluding carboxylic acids is 1. The van der Waals surface area contributed by atoms with Crippen molar-refractivity contribution in [2.75, 3.05) is 38.5 Å². The van der Waals surface area contributed by atoms with E-state index in [-0.39, 0.29) is 17.3 Å². The zero-order valence-corrected chi connectivity index (χ0v) is 21.3. The number of rotatable bonds is 11. The van der Waals surface area contributed by atoms with Crippen molar-refractivity contribution >= 4 is 29.6 Å². The third kappa shape index (κ3) is 11.2. The van der Waals surface area contributed by atoms with Gasteiger partial charge in [0.1, 0.15) is 0 Å². The minimum absolute atomic E-state index is 0.0645. The molecule has 194 valence electrons. The first-order valence-corrected chi connectivity index (χ1v) is 13.4. The Kier molecular flexibility index (Phi) is 13.4. The van der Waals surface area contributed by atoms with Gasteiger partial charge in [0.15, 0.2) is 0 Å². The van der Waals surface area contributed by atoms with Gasteiger partial charge in [-0.25, -0.2) is 9.59 Å². The molecule has 3 heterocycles. The van der Waals surface area contributed by atoms with Crippen LogP contribution in [0, 0.1) is 0 Å². The predicted molar refractivity (Wildman–Crippen MR) is 137 cm³/mol. The topological polar surface area (TPSA) is 123 Å². The third-order valence-corrected chi connectivity index (χ3v) is 7.22. The largest absolute Gasteiger partial charge is 0.478 e. The van der Waals surface area contributed by atoms with Crippen LogP contribution in [-0.4, -0.2) is 87.4 Å². The Balaban J connectivity index is 0.000000466. The van der Waals surface area contributed by atoms with Crippen molar-refractivity contribution < 1.29 is 24.6 Å². The van der Waals surface area contributed by atoms with E-state index in [2.05, 4.69) is 33.1 Å². The molecule has 2 atom stereocenters. The van der Waals surface area contributed by atoms with Crippen LogP contribution in [-0.2, 0) is 14.4 Å². The summed E-state index contributed by atoms with van der Waals surface area (Å²) in [7, 11) is 0. The third-order valence-electron chi connectivity index (χ3n) is 5.95. The van der Waals surface area contributed by atoms with Crippen LogP contribution in [0.3, 0.4) is 0 Å². The van der Waals surface area contributed by atoms with Gasteiger partial charge in [0.25, 0.3) is 0 Å². The molecule has 2 unspecified atom stereocenters. The highest BCUT2D eigenvalue weighted by Crippen LogP contribution is 2.32. The molecule has 1 amide bonds. The van der Waals surface area contributed by atoms with Crippen molar-refractivity contribution in [2.24, 2.45) is 0 Å². The fourth-order valence-electron chi connectivity index (χ4n) is 4.01. The lowest BCUT2D eigenvalue weighted by Gasteiger charge is -2.36. The molecule has 9 nitrogen and oxygen atoms in total. The average molecular weight is 507 g/mol. The molecule has 0 saturated carbocycles. The number of carbonyl (C=O) groups is 3. The van der Waals surface area contributed by atoms with Gasteiger partial charge >= 0.3 is 11.9 Å². The van der Waals surface area contributed by atoms with Gasteiger partial charge in [0.2, 0.25) is 5.91 Å². The monoisotopic (exact) mass is 506 g/mol. The number of hydrogen-bond acceptors (Lipinski definition) is 7. The summed E-state index contributed by atoms with van der Waals surface area (Å²) in [6.07, 6.45) is 12.9. The molecule has 1 aromatic heterocycles. The van der Waals surface area contributed by atoms with Crippen LogP contribution in [0.4, 0.5) is 0 Å². The number of nitrogens with one attached hydrogen (secondary N) is 1. The SMILES string of the molecule is CCCCCCCCN1CCN(C(=O)C2CSC(c3cccnc3)N2)CC1.O=C(O)C=CC(=O)O. The Morgan fingerprint density at radius 1 is 1.06 bits per heavy atom. The van der Waals surface area contributed by atoms with Gasteiger partial charge in [-0.05, 0) is 24.6 Å². The number of pyridine rings is 1. The summed E-state index contributed by atoms with van der Waals surface area (Å²) in [6.45, 7) is 7.23. The maximum atomic E-state index is 12.9. The number of nitrogens with zero attached hydrogens (tertiary/aromatic N) is 3. The zero-order valence-electron chi connectivity index (χ0n) is 20.5. The molecule has 2 aliphatic rings. The number of aromatic nitrogens is 1. The second-order valence-electron chi connectivity index (χ2n) is 8.66. The van der Waals surface area contributed by atoms with E-state index in [4.69, 9.17) is 10.2 Å². The van der Waals surface area contributed by atoms with Gasteiger partial charge in [-0.1, -0.05) is 45.1 Å². The van der Waals surface area contributed by atoms with E-state index in [9.17, 15) is 14.4 Å². The Labute approximate surface area is 212 Å². The Morgan fingerprint density at radius 2 is 1.71 bits per heavy atom. The lowest BCUT2D eigenvalue weighted by Crippen LogP contribution is -2.53. The molecule has 35 heavy (non-hydrogen) atoms. The zero-order chi connectivity index (χ0) is 25.5. The molecule has 3 rings (SSSR count). The van der Waals surface area contributed by atoms with Crippen molar-refractivity contribution in [2.45, 2.75) is 56.9 Å². The first kappa shape index (κ1) is 28.8. The minimum Gasteiger partial charge on any atom is -0.478 e. The average Bonchev–Trinajstić information content (AvgIpc) is 3.36. The smallest absolute Gasteiger partial charge is 0.328 e. The van der Waals surface area contributed by atoms with Gasteiger partial charge < -0.3 is 15.1 Å². The summed E-state index contributed by atoms with van der Waals surface area (Å²) in [5, 5.41) is 19.3. The molecular formula is C25H38N4O5S. The van der Waals surface area contributed by atoms with Crippen LogP contribution in [0.5, 0.6) is 0 Å². The molecule has 0 bridgehead atoms. The van der Waals surface area contributed by atoms with E-state index in [1.165, 1.54) is 45.1 Å². The van der Waals surface area contributed by atoms with Crippen LogP contribution < -0.4 is 5.32 Å². The predicted octanol–water partition coefficient (Wildman–Crippen LogP) is 3.00. The summed E-state index contributed by atoms with van der Waals surface area (Å²) in [6, 6.07) is 3.96. The molecule has 2 aliphatic heterocycles. The Hall–Kier alpha value is -2.43. The summed E-state index contributed by atoms with van der Waals surface area (Å²) in [5.74, 6) is -1.40. The van der Waals surface area contributed by atoms with Gasteiger partial charge in [-0.15, -0.1) is 11.8 Å². The second-order valence-corrected chi connectivity index (χ2v) is 9.80. The van der Waals surface area contributed by atoms with Crippen molar-refractivity contribution in [3.8, 4) is 0 Å². The summed E-state index contributed by atoms with van der Waals surface area (Å²) in [4.78, 5) is 40.7. The molecule has 0 aliphatic carbocycles. The van der Waals surface area contributed by atoms with E-state index >= 15 is 0 Å². The number of amides is 1. The van der Waals surface area contributed by atoms with Crippen LogP contribution in [0.1, 0.15) is 56.4 Å². The summed E-state index contributed by atoms with van der Waals surface area (Å²) < 4.78 is 0. The lowest BCUT2D eigenvalue weighted by atomic mass is 10.1. The second kappa shape index (κ2) is 16.3. The number of aliphatic carboxylic acids is 2. The Morgan fingerprint density at radius 3 is 2.31 bits per heavy atom. The van der Waals surface area contributed by atoms with Crippen LogP contribution in [0.25, 0.3) is 0 Å². The molecule has 10 heteroatoms. The quantitative estimate of drug-likeness (QED) is 0.307. The molecule has 3 N–H and O–H groups in total. The van der Waals surface area contributed by atoms with Crippen LogP contribution in [0.2, 0.25) is 0 Å². The highest BCUT2D eigenvalue weighted by Gasteiger charge is 2.34. The van der Waals surface area contributed by atoms with Crippen LogP contribution in [0.15, 0.2) is 36.7 Å². The van der Waals surface area contributed by atoms with E-state index < -0.39 is 11.9 Å². The molecule has 0 spiro atoms. The van der Waals surface area contributed by atoms with Crippen molar-refractivity contribution in [1.29, 1.82) is 0 Å². The van der Waals surface area contributed by atoms with Crippen molar-refractivity contribution in [3.05, 3.63) is 42.2 Å². The number of thioether (sulfide) groups is 1. The molecule has 0 aromatic carbocycles. The standard InChI is InChI=1S/C21H34N4OS.C4H4O4/c1-2-3-4-5-6-7-11-24-12-14-25(15-13-24)21(26)19-17-27-20(23-19)18-9-8-10-22-16-18;5-3(6)1-2-4(7)8/h8-10,16,19-20,23H,2-7,11-15,17H2,1H3;1-2H,(H,5,6)(H,7,8). The molecule has 1 aromatic rings. The van der Waals surface area contributed by atoms with Gasteiger partial charge in [0.05, 0.1) is 11.4 Å². The maximum Gasteiger partial charge on any atom is 0.328 e. The lowest BCUT2D eigenvalue weighted by molar-refractivity contribution is -0.134. The maximum absolute atomic E-state index is 12.9. The molecule has 2 saturated heterocycles. The first-order chi connectivity index (χ1) is 16.9. The fourth-order valence-corrected chi connectivity index (χ4v) is 5.22. The normalized spacial score (nSPS) is 20.4. The number of hydrogen-bond donors (Lipinski definition) is 3. The minimum atomic E-state index is -1.26. The van der Waals surface area contributed by atoms with E-state index in [0.717, 1.165) is 37.5 Å². The van der Waals surface area contributed by atoms with Gasteiger partial charge in [-0.2, -0.15) is 0 Å². The Bertz CT molecular complexity index is 799. The highest BCUT2D eigenvalue weighted by molar-refractivity contribution is 7.99. The summed E-state index contributed by atoms with van der Waals surface area (Å²) in [5.41, 5.74) is 1.15. The van der Waals surface area contributed by atoms with E-state index in [1.807, 2.05) is 12.3 Å². The summed E-state index contributed by atoms with van der Waals surface area (Å²) >= 11 is 1.81. The van der Waals surface area contributed by atoms with Gasteiger partial charge in [0, 0.05) is 56.5 Å². The van der Waals surface area contributed by atoms with Crippen molar-refractivity contribution in [1.82, 2.24) is 20.1 Å².